The van der Waals surface area contributed by atoms with E-state index in [-0.39, 0.29) is 21.5 Å². The van der Waals surface area contributed by atoms with E-state index in [9.17, 15) is 16.8 Å². The van der Waals surface area contributed by atoms with E-state index in [4.69, 9.17) is 0 Å². The molecule has 0 atom stereocenters. The van der Waals surface area contributed by atoms with Gasteiger partial charge in [0.15, 0.2) is 0 Å². The number of halogens is 1. The summed E-state index contributed by atoms with van der Waals surface area (Å²) in [5.41, 5.74) is 0.979. The molecule has 9 heteroatoms. The van der Waals surface area contributed by atoms with E-state index in [1.165, 1.54) is 30.3 Å². The van der Waals surface area contributed by atoms with E-state index in [0.29, 0.717) is 0 Å². The monoisotopic (exact) mass is 444 g/mol. The second kappa shape index (κ2) is 6.71. The Morgan fingerprint density at radius 3 is 2.28 bits per heavy atom. The molecule has 3 rings (SSSR count). The maximum atomic E-state index is 12.5. The zero-order valence-corrected chi connectivity index (χ0v) is 16.6. The Morgan fingerprint density at radius 1 is 0.960 bits per heavy atom. The van der Waals surface area contributed by atoms with Gasteiger partial charge in [-0.3, -0.25) is 4.72 Å². The van der Waals surface area contributed by atoms with Crippen LogP contribution in [-0.2, 0) is 20.0 Å². The van der Waals surface area contributed by atoms with Gasteiger partial charge in [-0.25, -0.2) is 21.6 Å². The molecule has 1 aliphatic rings. The van der Waals surface area contributed by atoms with Crippen LogP contribution in [0.1, 0.15) is 18.4 Å². The summed E-state index contributed by atoms with van der Waals surface area (Å²) in [5.74, 6) is 0. The standard InChI is InChI=1S/C16H17BrN2O4S2/c1-11-9-15(7-8-16(11)17)25(22,23)19-13-3-2-4-14(10-13)24(20,21)18-12-5-6-12/h2-4,7-10,12,18-19H,5-6H2,1H3. The van der Waals surface area contributed by atoms with Crippen molar-refractivity contribution in [3.63, 3.8) is 0 Å². The molecule has 0 spiro atoms. The highest BCUT2D eigenvalue weighted by atomic mass is 79.9. The Hall–Kier alpha value is -1.42. The molecule has 0 amide bonds. The summed E-state index contributed by atoms with van der Waals surface area (Å²) in [4.78, 5) is 0.143. The summed E-state index contributed by atoms with van der Waals surface area (Å²) < 4.78 is 55.4. The lowest BCUT2D eigenvalue weighted by molar-refractivity contribution is 0.581. The van der Waals surface area contributed by atoms with E-state index < -0.39 is 20.0 Å². The van der Waals surface area contributed by atoms with Gasteiger partial charge in [0.25, 0.3) is 10.0 Å². The lowest BCUT2D eigenvalue weighted by atomic mass is 10.2. The molecule has 0 radical (unpaired) electrons. The zero-order chi connectivity index (χ0) is 18.2. The van der Waals surface area contributed by atoms with Crippen LogP contribution in [0.3, 0.4) is 0 Å². The SMILES string of the molecule is Cc1cc(S(=O)(=O)Nc2cccc(S(=O)(=O)NC3CC3)c2)ccc1Br. The van der Waals surface area contributed by atoms with Gasteiger partial charge < -0.3 is 0 Å². The van der Waals surface area contributed by atoms with Crippen molar-refractivity contribution in [3.05, 3.63) is 52.5 Å². The molecule has 134 valence electrons. The van der Waals surface area contributed by atoms with Crippen molar-refractivity contribution in [2.24, 2.45) is 0 Å². The lowest BCUT2D eigenvalue weighted by Gasteiger charge is -2.11. The Bertz CT molecular complexity index is 1020. The highest BCUT2D eigenvalue weighted by Gasteiger charge is 2.28. The van der Waals surface area contributed by atoms with E-state index in [1.807, 2.05) is 0 Å². The van der Waals surface area contributed by atoms with E-state index in [0.717, 1.165) is 22.9 Å². The maximum absolute atomic E-state index is 12.5. The van der Waals surface area contributed by atoms with Crippen molar-refractivity contribution < 1.29 is 16.8 Å². The van der Waals surface area contributed by atoms with Crippen molar-refractivity contribution in [3.8, 4) is 0 Å². The first-order chi connectivity index (χ1) is 11.7. The molecule has 1 aliphatic carbocycles. The van der Waals surface area contributed by atoms with Gasteiger partial charge in [0.05, 0.1) is 15.5 Å². The number of nitrogens with one attached hydrogen (secondary N) is 2. The Kier molecular flexibility index (Phi) is 4.93. The van der Waals surface area contributed by atoms with Crippen LogP contribution >= 0.6 is 15.9 Å². The summed E-state index contributed by atoms with van der Waals surface area (Å²) in [7, 11) is -7.45. The van der Waals surface area contributed by atoms with Crippen LogP contribution in [0.15, 0.2) is 56.7 Å². The molecular weight excluding hydrogens is 428 g/mol. The third kappa shape index (κ3) is 4.41. The first-order valence-electron chi connectivity index (χ1n) is 7.59. The Morgan fingerprint density at radius 2 is 1.64 bits per heavy atom. The quantitative estimate of drug-likeness (QED) is 0.715. The van der Waals surface area contributed by atoms with Crippen LogP contribution in [0.5, 0.6) is 0 Å². The highest BCUT2D eigenvalue weighted by molar-refractivity contribution is 9.10. The molecule has 0 saturated heterocycles. The number of sulfonamides is 2. The summed E-state index contributed by atoms with van der Waals surface area (Å²) in [6.45, 7) is 1.79. The fourth-order valence-electron chi connectivity index (χ4n) is 2.21. The van der Waals surface area contributed by atoms with Crippen LogP contribution in [0.2, 0.25) is 0 Å². The summed E-state index contributed by atoms with van der Waals surface area (Å²) in [5, 5.41) is 0. The maximum Gasteiger partial charge on any atom is 0.261 e. The van der Waals surface area contributed by atoms with Gasteiger partial charge in [0, 0.05) is 10.5 Å². The van der Waals surface area contributed by atoms with Gasteiger partial charge in [-0.2, -0.15) is 0 Å². The minimum atomic E-state index is -3.81. The van der Waals surface area contributed by atoms with Crippen LogP contribution in [-0.4, -0.2) is 22.9 Å². The summed E-state index contributed by atoms with van der Waals surface area (Å²) in [6.07, 6.45) is 1.66. The van der Waals surface area contributed by atoms with Crippen molar-refractivity contribution in [2.45, 2.75) is 35.6 Å². The van der Waals surface area contributed by atoms with E-state index in [1.54, 1.807) is 19.1 Å². The average molecular weight is 445 g/mol. The third-order valence-corrected chi connectivity index (χ3v) is 7.52. The molecular formula is C16H17BrN2O4S2. The van der Waals surface area contributed by atoms with Crippen molar-refractivity contribution >= 4 is 41.7 Å². The molecule has 2 aromatic carbocycles. The fourth-order valence-corrected chi connectivity index (χ4v) is 4.95. The number of anilines is 1. The van der Waals surface area contributed by atoms with Gasteiger partial charge in [0.2, 0.25) is 10.0 Å². The molecule has 0 aliphatic heterocycles. The van der Waals surface area contributed by atoms with Gasteiger partial charge in [0.1, 0.15) is 0 Å². The topological polar surface area (TPSA) is 92.3 Å². The normalized spacial score (nSPS) is 15.1. The largest absolute Gasteiger partial charge is 0.280 e. The second-order valence-electron chi connectivity index (χ2n) is 5.94. The van der Waals surface area contributed by atoms with Crippen molar-refractivity contribution in [1.29, 1.82) is 0 Å². The molecule has 1 fully saturated rings. The van der Waals surface area contributed by atoms with Crippen molar-refractivity contribution in [1.82, 2.24) is 4.72 Å². The van der Waals surface area contributed by atoms with E-state index in [2.05, 4.69) is 25.4 Å². The highest BCUT2D eigenvalue weighted by Crippen LogP contribution is 2.25. The predicted molar refractivity (Wildman–Crippen MR) is 99.5 cm³/mol. The van der Waals surface area contributed by atoms with E-state index >= 15 is 0 Å². The van der Waals surface area contributed by atoms with Gasteiger partial charge in [-0.05, 0) is 61.7 Å². The average Bonchev–Trinajstić information content (AvgIpc) is 3.33. The first kappa shape index (κ1) is 18.4. The van der Waals surface area contributed by atoms with Gasteiger partial charge in [-0.15, -0.1) is 0 Å². The van der Waals surface area contributed by atoms with Gasteiger partial charge in [-0.1, -0.05) is 22.0 Å². The minimum absolute atomic E-state index is 0.0175. The number of hydrogen-bond donors (Lipinski definition) is 2. The summed E-state index contributed by atoms with van der Waals surface area (Å²) >= 11 is 3.33. The first-order valence-corrected chi connectivity index (χ1v) is 11.3. The molecule has 25 heavy (non-hydrogen) atoms. The molecule has 0 unspecified atom stereocenters. The number of aryl methyl sites for hydroxylation is 1. The Labute approximate surface area is 155 Å². The van der Waals surface area contributed by atoms with Crippen LogP contribution in [0.4, 0.5) is 5.69 Å². The lowest BCUT2D eigenvalue weighted by Crippen LogP contribution is -2.25. The minimum Gasteiger partial charge on any atom is -0.280 e. The molecule has 0 bridgehead atoms. The number of benzene rings is 2. The third-order valence-electron chi connectivity index (χ3n) is 3.74. The molecule has 1 saturated carbocycles. The number of hydrogen-bond acceptors (Lipinski definition) is 4. The van der Waals surface area contributed by atoms with Gasteiger partial charge >= 0.3 is 0 Å². The molecule has 0 aromatic heterocycles. The number of rotatable bonds is 6. The Balaban J connectivity index is 1.87. The zero-order valence-electron chi connectivity index (χ0n) is 13.4. The fraction of sp³-hybridized carbons (Fsp3) is 0.250. The summed E-state index contributed by atoms with van der Waals surface area (Å²) in [6, 6.07) is 10.4. The predicted octanol–water partition coefficient (Wildman–Crippen LogP) is 3.00. The molecule has 6 nitrogen and oxygen atoms in total. The second-order valence-corrected chi connectivity index (χ2v) is 10.2. The smallest absolute Gasteiger partial charge is 0.261 e. The van der Waals surface area contributed by atoms with Crippen LogP contribution < -0.4 is 9.44 Å². The van der Waals surface area contributed by atoms with Crippen LogP contribution in [0.25, 0.3) is 0 Å². The van der Waals surface area contributed by atoms with Crippen molar-refractivity contribution in [2.75, 3.05) is 4.72 Å². The van der Waals surface area contributed by atoms with Crippen LogP contribution in [0, 0.1) is 6.92 Å². The molecule has 2 aromatic rings. The molecule has 0 heterocycles. The molecule has 2 N–H and O–H groups in total.